The highest BCUT2D eigenvalue weighted by atomic mass is 32.1. The van der Waals surface area contributed by atoms with Crippen LogP contribution in [0.25, 0.3) is 0 Å². The van der Waals surface area contributed by atoms with Crippen molar-refractivity contribution in [2.45, 2.75) is 6.10 Å². The molecule has 0 radical (unpaired) electrons. The summed E-state index contributed by atoms with van der Waals surface area (Å²) in [5.74, 6) is -0.356. The number of morpholine rings is 1. The van der Waals surface area contributed by atoms with E-state index in [2.05, 4.69) is 10.6 Å². The second kappa shape index (κ2) is 7.83. The smallest absolute Gasteiger partial charge is 0.414 e. The lowest BCUT2D eigenvalue weighted by Gasteiger charge is -2.29. The summed E-state index contributed by atoms with van der Waals surface area (Å²) in [7, 11) is 1.71. The molecule has 25 heavy (non-hydrogen) atoms. The number of rotatable bonds is 4. The molecule has 136 valence electrons. The van der Waals surface area contributed by atoms with Crippen molar-refractivity contribution in [2.24, 2.45) is 0 Å². The lowest BCUT2D eigenvalue weighted by molar-refractivity contribution is 0.122. The number of thiocarbonyl (C=S) groups is 1. The number of benzene rings is 1. The summed E-state index contributed by atoms with van der Waals surface area (Å²) in [5.41, 5.74) is 1.01. The average Bonchev–Trinajstić information content (AvgIpc) is 3.01. The second-order valence-electron chi connectivity index (χ2n) is 5.81. The van der Waals surface area contributed by atoms with Crippen molar-refractivity contribution < 1.29 is 18.7 Å². The molecule has 9 heteroatoms. The molecule has 2 aliphatic heterocycles. The van der Waals surface area contributed by atoms with E-state index in [1.807, 2.05) is 4.90 Å². The largest absolute Gasteiger partial charge is 0.442 e. The summed E-state index contributed by atoms with van der Waals surface area (Å²) in [6, 6.07) is 4.81. The summed E-state index contributed by atoms with van der Waals surface area (Å²) < 4.78 is 25.1. The van der Waals surface area contributed by atoms with Gasteiger partial charge in [-0.3, -0.25) is 4.90 Å². The molecule has 1 atom stereocenters. The Morgan fingerprint density at radius 1 is 1.40 bits per heavy atom. The molecule has 0 aromatic heterocycles. The van der Waals surface area contributed by atoms with Crippen LogP contribution in [-0.2, 0) is 9.47 Å². The van der Waals surface area contributed by atoms with E-state index in [4.69, 9.17) is 21.7 Å². The highest BCUT2D eigenvalue weighted by Crippen LogP contribution is 2.28. The molecule has 0 unspecified atom stereocenters. The number of nitrogens with one attached hydrogen (secondary N) is 2. The Morgan fingerprint density at radius 2 is 2.16 bits per heavy atom. The monoisotopic (exact) mass is 368 g/mol. The third-order valence-electron chi connectivity index (χ3n) is 4.19. The topological polar surface area (TPSA) is 66.1 Å². The fourth-order valence-corrected chi connectivity index (χ4v) is 2.94. The fourth-order valence-electron chi connectivity index (χ4n) is 2.86. The summed E-state index contributed by atoms with van der Waals surface area (Å²) in [6.45, 7) is 3.22. The Morgan fingerprint density at radius 3 is 2.84 bits per heavy atom. The summed E-state index contributed by atoms with van der Waals surface area (Å²) >= 11 is 5.00. The van der Waals surface area contributed by atoms with Crippen LogP contribution in [0.3, 0.4) is 0 Å². The van der Waals surface area contributed by atoms with Crippen LogP contribution in [0.4, 0.5) is 20.6 Å². The Labute approximate surface area is 151 Å². The molecule has 2 fully saturated rings. The van der Waals surface area contributed by atoms with Gasteiger partial charge in [-0.15, -0.1) is 0 Å². The maximum Gasteiger partial charge on any atom is 0.414 e. The zero-order chi connectivity index (χ0) is 17.8. The van der Waals surface area contributed by atoms with Gasteiger partial charge < -0.3 is 25.0 Å². The highest BCUT2D eigenvalue weighted by Gasteiger charge is 2.32. The first-order valence-electron chi connectivity index (χ1n) is 8.14. The van der Waals surface area contributed by atoms with Gasteiger partial charge in [0, 0.05) is 20.1 Å². The van der Waals surface area contributed by atoms with E-state index in [0.717, 1.165) is 0 Å². The molecule has 1 aromatic rings. The van der Waals surface area contributed by atoms with Gasteiger partial charge in [-0.05, 0) is 30.4 Å². The van der Waals surface area contributed by atoms with Gasteiger partial charge in [0.15, 0.2) is 5.11 Å². The molecule has 1 aromatic carbocycles. The molecule has 2 saturated heterocycles. The van der Waals surface area contributed by atoms with Crippen molar-refractivity contribution in [3.63, 3.8) is 0 Å². The van der Waals surface area contributed by atoms with Gasteiger partial charge in [-0.2, -0.15) is 0 Å². The minimum Gasteiger partial charge on any atom is -0.442 e. The van der Waals surface area contributed by atoms with Crippen molar-refractivity contribution in [2.75, 3.05) is 56.2 Å². The molecule has 0 bridgehead atoms. The number of cyclic esters (lactones) is 1. The van der Waals surface area contributed by atoms with Gasteiger partial charge in [0.05, 0.1) is 37.7 Å². The molecule has 0 spiro atoms. The van der Waals surface area contributed by atoms with Crippen molar-refractivity contribution in [3.8, 4) is 0 Å². The number of carbonyl (C=O) groups excluding carboxylic acids is 1. The first-order chi connectivity index (χ1) is 12.1. The molecule has 3 rings (SSSR count). The number of amides is 1. The van der Waals surface area contributed by atoms with Crippen LogP contribution < -0.4 is 20.4 Å². The standard InChI is InChI=1S/C16H21FN4O3S/c1-18-15(25)19-9-12-10-21(16(22)24-12)11-2-3-14(13(17)8-11)20-4-6-23-7-5-20/h2-3,8,12H,4-7,9-10H2,1H3,(H2,18,19,25)/t12-/m0/s1. The van der Waals surface area contributed by atoms with Gasteiger partial charge in [0.25, 0.3) is 0 Å². The summed E-state index contributed by atoms with van der Waals surface area (Å²) in [4.78, 5) is 15.4. The van der Waals surface area contributed by atoms with Crippen LogP contribution in [0.15, 0.2) is 18.2 Å². The molecule has 2 heterocycles. The molecule has 2 N–H and O–H groups in total. The molecule has 7 nitrogen and oxygen atoms in total. The van der Waals surface area contributed by atoms with Crippen LogP contribution >= 0.6 is 12.2 Å². The average molecular weight is 368 g/mol. The van der Waals surface area contributed by atoms with Crippen LogP contribution in [-0.4, -0.2) is 63.8 Å². The van der Waals surface area contributed by atoms with E-state index in [0.29, 0.717) is 55.9 Å². The summed E-state index contributed by atoms with van der Waals surface area (Å²) in [6.07, 6.45) is -0.832. The van der Waals surface area contributed by atoms with E-state index in [9.17, 15) is 9.18 Å². The third kappa shape index (κ3) is 4.10. The number of hydrogen-bond donors (Lipinski definition) is 2. The van der Waals surface area contributed by atoms with Gasteiger partial charge in [0.1, 0.15) is 11.9 Å². The van der Waals surface area contributed by atoms with Crippen LogP contribution in [0, 0.1) is 5.82 Å². The quantitative estimate of drug-likeness (QED) is 0.771. The molecular weight excluding hydrogens is 347 g/mol. The van der Waals surface area contributed by atoms with Crippen molar-refractivity contribution >= 4 is 34.8 Å². The predicted molar refractivity (Wildman–Crippen MR) is 96.7 cm³/mol. The summed E-state index contributed by atoms with van der Waals surface area (Å²) in [5, 5.41) is 6.23. The highest BCUT2D eigenvalue weighted by molar-refractivity contribution is 7.80. The molecular formula is C16H21FN4O3S. The molecule has 2 aliphatic rings. The first kappa shape index (κ1) is 17.7. The third-order valence-corrected chi connectivity index (χ3v) is 4.53. The number of ether oxygens (including phenoxy) is 2. The lowest BCUT2D eigenvalue weighted by atomic mass is 10.2. The molecule has 0 saturated carbocycles. The maximum absolute atomic E-state index is 14.5. The van der Waals surface area contributed by atoms with Crippen molar-refractivity contribution in [1.82, 2.24) is 10.6 Å². The normalized spacial score (nSPS) is 20.4. The Kier molecular flexibility index (Phi) is 5.54. The molecule has 1 amide bonds. The van der Waals surface area contributed by atoms with Crippen LogP contribution in [0.2, 0.25) is 0 Å². The van der Waals surface area contributed by atoms with E-state index >= 15 is 0 Å². The van der Waals surface area contributed by atoms with E-state index in [1.54, 1.807) is 19.2 Å². The van der Waals surface area contributed by atoms with E-state index < -0.39 is 6.09 Å². The predicted octanol–water partition coefficient (Wildman–Crippen LogP) is 1.08. The Balaban J connectivity index is 1.66. The zero-order valence-corrected chi connectivity index (χ0v) is 14.8. The van der Waals surface area contributed by atoms with Crippen LogP contribution in [0.5, 0.6) is 0 Å². The number of halogens is 1. The minimum absolute atomic E-state index is 0.342. The van der Waals surface area contributed by atoms with Crippen molar-refractivity contribution in [1.29, 1.82) is 0 Å². The Bertz CT molecular complexity index is 654. The number of carbonyl (C=O) groups is 1. The number of nitrogens with zero attached hydrogens (tertiary/aromatic N) is 2. The van der Waals surface area contributed by atoms with E-state index in [-0.39, 0.29) is 11.9 Å². The minimum atomic E-state index is -0.485. The van der Waals surface area contributed by atoms with Crippen LogP contribution in [0.1, 0.15) is 0 Å². The number of hydrogen-bond acceptors (Lipinski definition) is 5. The zero-order valence-electron chi connectivity index (χ0n) is 14.0. The van der Waals surface area contributed by atoms with Gasteiger partial charge in [0.2, 0.25) is 0 Å². The second-order valence-corrected chi connectivity index (χ2v) is 6.22. The Hall–Kier alpha value is -2.13. The fraction of sp³-hybridized carbons (Fsp3) is 0.500. The maximum atomic E-state index is 14.5. The van der Waals surface area contributed by atoms with Gasteiger partial charge in [-0.25, -0.2) is 9.18 Å². The van der Waals surface area contributed by atoms with E-state index in [1.165, 1.54) is 11.0 Å². The lowest BCUT2D eigenvalue weighted by Crippen LogP contribution is -2.39. The van der Waals surface area contributed by atoms with Crippen molar-refractivity contribution in [3.05, 3.63) is 24.0 Å². The molecule has 0 aliphatic carbocycles. The van der Waals surface area contributed by atoms with Gasteiger partial charge in [-0.1, -0.05) is 0 Å². The number of anilines is 2. The SMILES string of the molecule is CNC(=S)NC[C@H]1CN(c2ccc(N3CCOCC3)c(F)c2)C(=O)O1. The first-order valence-corrected chi connectivity index (χ1v) is 8.55. The van der Waals surface area contributed by atoms with Gasteiger partial charge >= 0.3 is 6.09 Å².